The normalized spacial score (nSPS) is 32.2. The third kappa shape index (κ3) is 3.03. The lowest BCUT2D eigenvalue weighted by Crippen LogP contribution is -2.44. The summed E-state index contributed by atoms with van der Waals surface area (Å²) in [6.45, 7) is 4.03. The van der Waals surface area contributed by atoms with Crippen molar-refractivity contribution in [3.63, 3.8) is 0 Å². The topological polar surface area (TPSA) is 38.7 Å². The van der Waals surface area contributed by atoms with Gasteiger partial charge in [0.2, 0.25) is 0 Å². The van der Waals surface area contributed by atoms with E-state index in [1.165, 1.54) is 0 Å². The van der Waals surface area contributed by atoms with Crippen LogP contribution in [0.15, 0.2) is 24.3 Å². The van der Waals surface area contributed by atoms with Crippen LogP contribution in [0.5, 0.6) is 5.75 Å². The highest BCUT2D eigenvalue weighted by atomic mass is 16.5. The molecule has 1 aromatic carbocycles. The van der Waals surface area contributed by atoms with Gasteiger partial charge in [0.05, 0.1) is 24.9 Å². The molecule has 1 aliphatic heterocycles. The van der Waals surface area contributed by atoms with Crippen molar-refractivity contribution >= 4 is 0 Å². The predicted octanol–water partition coefficient (Wildman–Crippen LogP) is 2.56. The zero-order chi connectivity index (χ0) is 13.2. The molecule has 0 aromatic heterocycles. The molecule has 0 saturated carbocycles. The van der Waals surface area contributed by atoms with E-state index < -0.39 is 5.60 Å². The molecule has 0 spiro atoms. The highest BCUT2D eigenvalue weighted by Gasteiger charge is 2.37. The molecular formula is C15H22O3. The summed E-state index contributed by atoms with van der Waals surface area (Å²) < 4.78 is 11.0. The van der Waals surface area contributed by atoms with Crippen molar-refractivity contribution < 1.29 is 14.6 Å². The SMILES string of the molecule is COc1ccccc1CC1(O)CC(C)OC(C)C1. The smallest absolute Gasteiger partial charge is 0.122 e. The van der Waals surface area contributed by atoms with E-state index in [1.807, 2.05) is 38.1 Å². The quantitative estimate of drug-likeness (QED) is 0.896. The third-order valence-corrected chi connectivity index (χ3v) is 3.51. The Kier molecular flexibility index (Phi) is 3.93. The minimum Gasteiger partial charge on any atom is -0.496 e. The van der Waals surface area contributed by atoms with Gasteiger partial charge in [-0.15, -0.1) is 0 Å². The molecule has 0 aliphatic carbocycles. The highest BCUT2D eigenvalue weighted by Crippen LogP contribution is 2.33. The van der Waals surface area contributed by atoms with Gasteiger partial charge in [-0.1, -0.05) is 18.2 Å². The van der Waals surface area contributed by atoms with Crippen molar-refractivity contribution in [2.45, 2.75) is 50.9 Å². The summed E-state index contributed by atoms with van der Waals surface area (Å²) >= 11 is 0. The molecule has 18 heavy (non-hydrogen) atoms. The zero-order valence-electron chi connectivity index (χ0n) is 11.3. The number of ether oxygens (including phenoxy) is 2. The number of rotatable bonds is 3. The first-order chi connectivity index (χ1) is 8.52. The first-order valence-electron chi connectivity index (χ1n) is 6.52. The zero-order valence-corrected chi connectivity index (χ0v) is 11.3. The van der Waals surface area contributed by atoms with Crippen LogP contribution in [0.25, 0.3) is 0 Å². The fraction of sp³-hybridized carbons (Fsp3) is 0.600. The maximum atomic E-state index is 10.7. The number of para-hydroxylation sites is 1. The number of hydrogen-bond donors (Lipinski definition) is 1. The van der Waals surface area contributed by atoms with E-state index in [1.54, 1.807) is 7.11 Å². The molecule has 1 saturated heterocycles. The lowest BCUT2D eigenvalue weighted by atomic mass is 9.82. The maximum absolute atomic E-state index is 10.7. The number of benzene rings is 1. The Balaban J connectivity index is 2.16. The first-order valence-corrected chi connectivity index (χ1v) is 6.52. The van der Waals surface area contributed by atoms with Gasteiger partial charge >= 0.3 is 0 Å². The summed E-state index contributed by atoms with van der Waals surface area (Å²) in [5.41, 5.74) is 0.370. The Morgan fingerprint density at radius 3 is 2.50 bits per heavy atom. The van der Waals surface area contributed by atoms with Crippen LogP contribution in [0.2, 0.25) is 0 Å². The van der Waals surface area contributed by atoms with Crippen LogP contribution in [0, 0.1) is 0 Å². The Bertz CT molecular complexity index is 392. The van der Waals surface area contributed by atoms with E-state index in [0.29, 0.717) is 19.3 Å². The van der Waals surface area contributed by atoms with Crippen molar-refractivity contribution in [2.24, 2.45) is 0 Å². The van der Waals surface area contributed by atoms with Gasteiger partial charge in [-0.05, 0) is 25.5 Å². The highest BCUT2D eigenvalue weighted by molar-refractivity contribution is 5.34. The van der Waals surface area contributed by atoms with Crippen LogP contribution in [-0.4, -0.2) is 30.0 Å². The monoisotopic (exact) mass is 250 g/mol. The average Bonchev–Trinajstić information content (AvgIpc) is 2.27. The Labute approximate surface area is 109 Å². The molecular weight excluding hydrogens is 228 g/mol. The first kappa shape index (κ1) is 13.4. The van der Waals surface area contributed by atoms with Crippen LogP contribution in [0.4, 0.5) is 0 Å². The fourth-order valence-electron chi connectivity index (χ4n) is 2.99. The van der Waals surface area contributed by atoms with E-state index in [4.69, 9.17) is 9.47 Å². The molecule has 3 heteroatoms. The molecule has 1 N–H and O–H groups in total. The molecule has 2 atom stereocenters. The van der Waals surface area contributed by atoms with Gasteiger partial charge in [-0.25, -0.2) is 0 Å². The second-order valence-corrected chi connectivity index (χ2v) is 5.38. The van der Waals surface area contributed by atoms with Crippen LogP contribution in [0.1, 0.15) is 32.3 Å². The molecule has 100 valence electrons. The van der Waals surface area contributed by atoms with Crippen molar-refractivity contribution in [3.05, 3.63) is 29.8 Å². The Morgan fingerprint density at radius 1 is 1.28 bits per heavy atom. The summed E-state index contributed by atoms with van der Waals surface area (Å²) in [6.07, 6.45) is 2.18. The van der Waals surface area contributed by atoms with Crippen LogP contribution >= 0.6 is 0 Å². The molecule has 2 rings (SSSR count). The number of hydrogen-bond acceptors (Lipinski definition) is 3. The van der Waals surface area contributed by atoms with Crippen molar-refractivity contribution in [3.8, 4) is 5.75 Å². The standard InChI is InChI=1S/C15H22O3/c1-11-8-15(16,9-12(2)18-11)10-13-6-4-5-7-14(13)17-3/h4-7,11-12,16H,8-10H2,1-3H3. The minimum absolute atomic E-state index is 0.105. The van der Waals surface area contributed by atoms with Gasteiger partial charge in [0, 0.05) is 19.3 Å². The molecule has 2 unspecified atom stereocenters. The van der Waals surface area contributed by atoms with Crippen LogP contribution in [0.3, 0.4) is 0 Å². The van der Waals surface area contributed by atoms with Crippen molar-refractivity contribution in [1.82, 2.24) is 0 Å². The van der Waals surface area contributed by atoms with E-state index in [2.05, 4.69) is 0 Å². The van der Waals surface area contributed by atoms with E-state index >= 15 is 0 Å². The lowest BCUT2D eigenvalue weighted by Gasteiger charge is -2.39. The van der Waals surface area contributed by atoms with Crippen molar-refractivity contribution in [2.75, 3.05) is 7.11 Å². The van der Waals surface area contributed by atoms with Crippen LogP contribution in [-0.2, 0) is 11.2 Å². The van der Waals surface area contributed by atoms with Crippen LogP contribution < -0.4 is 4.74 Å². The molecule has 1 fully saturated rings. The van der Waals surface area contributed by atoms with Gasteiger partial charge in [-0.2, -0.15) is 0 Å². The molecule has 1 aromatic rings. The molecule has 1 heterocycles. The van der Waals surface area contributed by atoms with E-state index in [9.17, 15) is 5.11 Å². The van der Waals surface area contributed by atoms with Gasteiger partial charge in [0.15, 0.2) is 0 Å². The largest absolute Gasteiger partial charge is 0.496 e. The molecule has 0 radical (unpaired) electrons. The minimum atomic E-state index is -0.689. The summed E-state index contributed by atoms with van der Waals surface area (Å²) in [7, 11) is 1.66. The predicted molar refractivity (Wildman–Crippen MR) is 70.9 cm³/mol. The Hall–Kier alpha value is -1.06. The maximum Gasteiger partial charge on any atom is 0.122 e. The summed E-state index contributed by atoms with van der Waals surface area (Å²) in [6, 6.07) is 7.88. The van der Waals surface area contributed by atoms with Gasteiger partial charge in [0.25, 0.3) is 0 Å². The van der Waals surface area contributed by atoms with Gasteiger partial charge in [0.1, 0.15) is 5.75 Å². The third-order valence-electron chi connectivity index (χ3n) is 3.51. The van der Waals surface area contributed by atoms with Gasteiger partial charge in [-0.3, -0.25) is 0 Å². The molecule has 3 nitrogen and oxygen atoms in total. The number of aliphatic hydroxyl groups is 1. The summed E-state index contributed by atoms with van der Waals surface area (Å²) in [4.78, 5) is 0. The molecule has 0 bridgehead atoms. The van der Waals surface area contributed by atoms with E-state index in [0.717, 1.165) is 11.3 Å². The average molecular weight is 250 g/mol. The lowest BCUT2D eigenvalue weighted by molar-refractivity contribution is -0.130. The summed E-state index contributed by atoms with van der Waals surface area (Å²) in [5.74, 6) is 0.845. The molecule has 0 amide bonds. The second-order valence-electron chi connectivity index (χ2n) is 5.38. The number of methoxy groups -OCH3 is 1. The van der Waals surface area contributed by atoms with E-state index in [-0.39, 0.29) is 12.2 Å². The summed E-state index contributed by atoms with van der Waals surface area (Å²) in [5, 5.41) is 10.7. The van der Waals surface area contributed by atoms with Crippen molar-refractivity contribution in [1.29, 1.82) is 0 Å². The second kappa shape index (κ2) is 5.29. The fourth-order valence-corrected chi connectivity index (χ4v) is 2.99. The van der Waals surface area contributed by atoms with Gasteiger partial charge < -0.3 is 14.6 Å². The molecule has 1 aliphatic rings. The Morgan fingerprint density at radius 2 is 1.89 bits per heavy atom.